The molecule has 3 heteroatoms. The molecule has 0 heterocycles. The molecule has 0 aromatic carbocycles. The van der Waals surface area contributed by atoms with E-state index >= 15 is 0 Å². The molecule has 2 bridgehead atoms. The van der Waals surface area contributed by atoms with Crippen molar-refractivity contribution in [2.24, 2.45) is 34.5 Å². The highest BCUT2D eigenvalue weighted by atomic mass is 16.5. The topological polar surface area (TPSA) is 46.5 Å². The van der Waals surface area contributed by atoms with Crippen LogP contribution in [0, 0.1) is 34.5 Å². The lowest BCUT2D eigenvalue weighted by atomic mass is 9.61. The molecule has 2 fully saturated rings. The van der Waals surface area contributed by atoms with Crippen molar-refractivity contribution in [3.05, 3.63) is 0 Å². The van der Waals surface area contributed by atoms with E-state index in [4.69, 9.17) is 4.74 Å². The summed E-state index contributed by atoms with van der Waals surface area (Å²) < 4.78 is 5.97. The molecule has 2 rings (SSSR count). The minimum Gasteiger partial charge on any atom is -0.462 e. The zero-order valence-electron chi connectivity index (χ0n) is 16.3. The van der Waals surface area contributed by atoms with Crippen LogP contribution in [0.5, 0.6) is 0 Å². The SMILES string of the molecule is CCC(C)(C)C(=O)O[C@H]1C[C@H]2C[C@@H]1[C@H](C(C)(C)C)[C@@H]2C(C)(C)O. The molecule has 2 saturated carbocycles. The molecule has 0 aromatic rings. The molecule has 5 atom stereocenters. The number of aliphatic hydroxyl groups is 1. The van der Waals surface area contributed by atoms with Gasteiger partial charge in [0.2, 0.25) is 0 Å². The Morgan fingerprint density at radius 2 is 1.61 bits per heavy atom. The Bertz CT molecular complexity index is 452. The third kappa shape index (κ3) is 3.45. The maximum Gasteiger partial charge on any atom is 0.311 e. The summed E-state index contributed by atoms with van der Waals surface area (Å²) in [5.41, 5.74) is -0.973. The fourth-order valence-corrected chi connectivity index (χ4v) is 5.08. The second-order valence-corrected chi connectivity index (χ2v) is 10.1. The quantitative estimate of drug-likeness (QED) is 0.778. The van der Waals surface area contributed by atoms with Gasteiger partial charge in [-0.15, -0.1) is 0 Å². The van der Waals surface area contributed by atoms with Crippen molar-refractivity contribution in [2.75, 3.05) is 0 Å². The van der Waals surface area contributed by atoms with Gasteiger partial charge in [-0.05, 0) is 76.0 Å². The smallest absolute Gasteiger partial charge is 0.311 e. The molecule has 1 N–H and O–H groups in total. The van der Waals surface area contributed by atoms with E-state index in [1.165, 1.54) is 0 Å². The van der Waals surface area contributed by atoms with Gasteiger partial charge in [0.1, 0.15) is 6.10 Å². The zero-order chi connectivity index (χ0) is 17.8. The Hall–Kier alpha value is -0.570. The predicted molar refractivity (Wildman–Crippen MR) is 92.9 cm³/mol. The van der Waals surface area contributed by atoms with E-state index in [-0.39, 0.29) is 17.5 Å². The van der Waals surface area contributed by atoms with Crippen LogP contribution in [0.2, 0.25) is 0 Å². The lowest BCUT2D eigenvalue weighted by Crippen LogP contribution is -2.49. The van der Waals surface area contributed by atoms with Gasteiger partial charge >= 0.3 is 5.97 Å². The van der Waals surface area contributed by atoms with Gasteiger partial charge in [0.15, 0.2) is 0 Å². The maximum absolute atomic E-state index is 12.5. The summed E-state index contributed by atoms with van der Waals surface area (Å²) in [7, 11) is 0. The molecule has 0 radical (unpaired) electrons. The largest absolute Gasteiger partial charge is 0.462 e. The van der Waals surface area contributed by atoms with Crippen molar-refractivity contribution >= 4 is 5.97 Å². The highest BCUT2D eigenvalue weighted by Crippen LogP contribution is 2.61. The molecule has 2 aliphatic carbocycles. The van der Waals surface area contributed by atoms with Crippen LogP contribution in [-0.2, 0) is 9.53 Å². The molecule has 0 spiro atoms. The molecule has 0 amide bonds. The average molecular weight is 325 g/mol. The molecule has 0 saturated heterocycles. The molecular formula is C20H36O3. The number of hydrogen-bond acceptors (Lipinski definition) is 3. The summed E-state index contributed by atoms with van der Waals surface area (Å²) in [6.45, 7) is 16.6. The summed E-state index contributed by atoms with van der Waals surface area (Å²) in [6.07, 6.45) is 2.82. The van der Waals surface area contributed by atoms with Crippen LogP contribution in [0.3, 0.4) is 0 Å². The Balaban J connectivity index is 2.20. The van der Waals surface area contributed by atoms with Crippen molar-refractivity contribution < 1.29 is 14.6 Å². The van der Waals surface area contributed by atoms with E-state index in [1.807, 2.05) is 34.6 Å². The van der Waals surface area contributed by atoms with Crippen LogP contribution in [0.15, 0.2) is 0 Å². The molecule has 3 nitrogen and oxygen atoms in total. The number of ether oxygens (including phenoxy) is 1. The van der Waals surface area contributed by atoms with Crippen LogP contribution in [-0.4, -0.2) is 22.8 Å². The number of esters is 1. The maximum atomic E-state index is 12.5. The third-order valence-corrected chi connectivity index (χ3v) is 6.45. The second-order valence-electron chi connectivity index (χ2n) is 10.1. The summed E-state index contributed by atoms with van der Waals surface area (Å²) in [5.74, 6) is 1.47. The van der Waals surface area contributed by atoms with E-state index in [0.717, 1.165) is 19.3 Å². The second kappa shape index (κ2) is 5.75. The predicted octanol–water partition coefficient (Wildman–Crippen LogP) is 4.42. The first-order chi connectivity index (χ1) is 10.3. The number of carbonyl (C=O) groups excluding carboxylic acids is 1. The van der Waals surface area contributed by atoms with Gasteiger partial charge in [0, 0.05) is 0 Å². The van der Waals surface area contributed by atoms with Crippen molar-refractivity contribution in [3.8, 4) is 0 Å². The molecule has 0 aromatic heterocycles. The van der Waals surface area contributed by atoms with E-state index in [0.29, 0.717) is 23.7 Å². The van der Waals surface area contributed by atoms with E-state index in [9.17, 15) is 9.90 Å². The number of hydrogen-bond donors (Lipinski definition) is 1. The lowest BCUT2D eigenvalue weighted by Gasteiger charge is -2.47. The third-order valence-electron chi connectivity index (χ3n) is 6.45. The molecule has 2 aliphatic rings. The van der Waals surface area contributed by atoms with Crippen LogP contribution in [0.25, 0.3) is 0 Å². The molecule has 0 aliphatic heterocycles. The highest BCUT2D eigenvalue weighted by molar-refractivity contribution is 5.76. The van der Waals surface area contributed by atoms with Crippen LogP contribution >= 0.6 is 0 Å². The van der Waals surface area contributed by atoms with Gasteiger partial charge < -0.3 is 9.84 Å². The van der Waals surface area contributed by atoms with Crippen molar-refractivity contribution in [1.82, 2.24) is 0 Å². The Labute approximate surface area is 142 Å². The van der Waals surface area contributed by atoms with E-state index < -0.39 is 11.0 Å². The Morgan fingerprint density at radius 1 is 1.04 bits per heavy atom. The first kappa shape index (κ1) is 18.8. The fourth-order valence-electron chi connectivity index (χ4n) is 5.08. The molecule has 0 unspecified atom stereocenters. The van der Waals surface area contributed by atoms with Gasteiger partial charge in [0.25, 0.3) is 0 Å². The first-order valence-electron chi connectivity index (χ1n) is 9.22. The van der Waals surface area contributed by atoms with Crippen LogP contribution in [0.4, 0.5) is 0 Å². The van der Waals surface area contributed by atoms with Crippen molar-refractivity contribution in [2.45, 2.75) is 86.4 Å². The number of rotatable bonds is 4. The summed E-state index contributed by atoms with van der Waals surface area (Å²) in [5, 5.41) is 10.7. The summed E-state index contributed by atoms with van der Waals surface area (Å²) in [4.78, 5) is 12.5. The Kier molecular flexibility index (Phi) is 4.69. The van der Waals surface area contributed by atoms with Gasteiger partial charge in [-0.2, -0.15) is 0 Å². The molecular weight excluding hydrogens is 288 g/mol. The lowest BCUT2D eigenvalue weighted by molar-refractivity contribution is -0.168. The number of fused-ring (bicyclic) bond motifs is 2. The Morgan fingerprint density at radius 3 is 2.04 bits per heavy atom. The van der Waals surface area contributed by atoms with E-state index in [2.05, 4.69) is 20.8 Å². The minimum absolute atomic E-state index is 0.0288. The standard InChI is InChI=1S/C20H36O3/c1-9-19(5,6)17(21)23-14-11-12-10-13(14)16(18(2,3)4)15(12)20(7,8)22/h12-16,22H,9-11H2,1-8H3/t12-,13+,14+,15-,16+/m1/s1. The monoisotopic (exact) mass is 324 g/mol. The minimum atomic E-state index is -0.672. The molecule has 23 heavy (non-hydrogen) atoms. The normalized spacial score (nSPS) is 34.7. The summed E-state index contributed by atoms with van der Waals surface area (Å²) >= 11 is 0. The first-order valence-corrected chi connectivity index (χ1v) is 9.22. The highest BCUT2D eigenvalue weighted by Gasteiger charge is 2.60. The molecule has 134 valence electrons. The van der Waals surface area contributed by atoms with Crippen molar-refractivity contribution in [1.29, 1.82) is 0 Å². The fraction of sp³-hybridized carbons (Fsp3) is 0.950. The van der Waals surface area contributed by atoms with Gasteiger partial charge in [-0.1, -0.05) is 27.7 Å². The van der Waals surface area contributed by atoms with Gasteiger partial charge in [-0.25, -0.2) is 0 Å². The number of carbonyl (C=O) groups is 1. The van der Waals surface area contributed by atoms with Crippen molar-refractivity contribution in [3.63, 3.8) is 0 Å². The van der Waals surface area contributed by atoms with Gasteiger partial charge in [-0.3, -0.25) is 4.79 Å². The summed E-state index contributed by atoms with van der Waals surface area (Å²) in [6, 6.07) is 0. The average Bonchev–Trinajstić information content (AvgIpc) is 2.94. The van der Waals surface area contributed by atoms with Crippen LogP contribution < -0.4 is 0 Å². The van der Waals surface area contributed by atoms with Gasteiger partial charge in [0.05, 0.1) is 11.0 Å². The van der Waals surface area contributed by atoms with Crippen LogP contribution in [0.1, 0.15) is 74.7 Å². The zero-order valence-corrected chi connectivity index (χ0v) is 16.3. The van der Waals surface area contributed by atoms with E-state index in [1.54, 1.807) is 0 Å².